The zero-order chi connectivity index (χ0) is 18.5. The molecule has 140 valence electrons. The Kier molecular flexibility index (Phi) is 10.8. The summed E-state index contributed by atoms with van der Waals surface area (Å²) in [6.07, 6.45) is 4.49. The van der Waals surface area contributed by atoms with E-state index >= 15 is 0 Å². The van der Waals surface area contributed by atoms with Gasteiger partial charge in [0.2, 0.25) is 0 Å². The summed E-state index contributed by atoms with van der Waals surface area (Å²) < 4.78 is 0. The molecule has 5 nitrogen and oxygen atoms in total. The standard InChI is InChI=1S/C19H32N4OS/c1-5-23(6-2)18(24)17-11-9-16(10-12-17)15-22-19(20-3)21-13-7-8-14-25-4/h9-12H,5-8,13-15H2,1-4H3,(H2,20,21,22). The molecule has 0 aliphatic carbocycles. The number of guanidine groups is 1. The number of aliphatic imine (C=N–C) groups is 1. The lowest BCUT2D eigenvalue weighted by Gasteiger charge is -2.18. The molecule has 0 aromatic heterocycles. The molecule has 0 atom stereocenters. The summed E-state index contributed by atoms with van der Waals surface area (Å²) in [4.78, 5) is 18.4. The molecule has 25 heavy (non-hydrogen) atoms. The molecule has 0 radical (unpaired) electrons. The Morgan fingerprint density at radius 2 is 1.80 bits per heavy atom. The highest BCUT2D eigenvalue weighted by molar-refractivity contribution is 7.98. The van der Waals surface area contributed by atoms with Gasteiger partial charge >= 0.3 is 0 Å². The lowest BCUT2D eigenvalue weighted by atomic mass is 10.1. The van der Waals surface area contributed by atoms with E-state index in [9.17, 15) is 4.79 Å². The maximum atomic E-state index is 12.3. The molecular formula is C19H32N4OS. The van der Waals surface area contributed by atoms with Gasteiger partial charge in [0.05, 0.1) is 0 Å². The van der Waals surface area contributed by atoms with Gasteiger partial charge in [0, 0.05) is 38.8 Å². The number of unbranched alkanes of at least 4 members (excludes halogenated alkanes) is 1. The molecule has 1 rings (SSSR count). The molecule has 1 aromatic rings. The van der Waals surface area contributed by atoms with E-state index in [0.29, 0.717) is 6.54 Å². The first-order chi connectivity index (χ1) is 12.2. The third kappa shape index (κ3) is 7.82. The van der Waals surface area contributed by atoms with Crippen molar-refractivity contribution in [3.8, 4) is 0 Å². The molecule has 0 aliphatic rings. The first-order valence-corrected chi connectivity index (χ1v) is 10.4. The highest BCUT2D eigenvalue weighted by Gasteiger charge is 2.11. The molecule has 0 heterocycles. The van der Waals surface area contributed by atoms with E-state index in [1.165, 1.54) is 12.2 Å². The maximum Gasteiger partial charge on any atom is 0.253 e. The van der Waals surface area contributed by atoms with E-state index in [4.69, 9.17) is 0 Å². The van der Waals surface area contributed by atoms with Gasteiger partial charge in [-0.15, -0.1) is 0 Å². The first kappa shape index (κ1) is 21.4. The normalized spacial score (nSPS) is 11.3. The molecule has 0 bridgehead atoms. The minimum atomic E-state index is 0.0900. The summed E-state index contributed by atoms with van der Waals surface area (Å²) in [5, 5.41) is 6.64. The molecular weight excluding hydrogens is 332 g/mol. The molecule has 0 aliphatic heterocycles. The molecule has 0 unspecified atom stereocenters. The van der Waals surface area contributed by atoms with Gasteiger partial charge in [-0.05, 0) is 56.4 Å². The fraction of sp³-hybridized carbons (Fsp3) is 0.579. The topological polar surface area (TPSA) is 56.7 Å². The van der Waals surface area contributed by atoms with Crippen LogP contribution >= 0.6 is 11.8 Å². The second kappa shape index (κ2) is 12.6. The quantitative estimate of drug-likeness (QED) is 0.381. The van der Waals surface area contributed by atoms with Crippen LogP contribution in [0.1, 0.15) is 42.6 Å². The molecule has 6 heteroatoms. The van der Waals surface area contributed by atoms with Crippen LogP contribution in [0.2, 0.25) is 0 Å². The van der Waals surface area contributed by atoms with Crippen LogP contribution in [0.25, 0.3) is 0 Å². The minimum absolute atomic E-state index is 0.0900. The van der Waals surface area contributed by atoms with E-state index < -0.39 is 0 Å². The van der Waals surface area contributed by atoms with E-state index in [0.717, 1.165) is 43.1 Å². The molecule has 0 saturated carbocycles. The number of carbonyl (C=O) groups is 1. The van der Waals surface area contributed by atoms with Crippen molar-refractivity contribution in [3.63, 3.8) is 0 Å². The van der Waals surface area contributed by atoms with Gasteiger partial charge in [-0.2, -0.15) is 11.8 Å². The van der Waals surface area contributed by atoms with E-state index in [-0.39, 0.29) is 5.91 Å². The van der Waals surface area contributed by atoms with Crippen LogP contribution in [-0.2, 0) is 6.54 Å². The van der Waals surface area contributed by atoms with Crippen molar-refractivity contribution in [1.29, 1.82) is 0 Å². The Hall–Kier alpha value is -1.69. The lowest BCUT2D eigenvalue weighted by Crippen LogP contribution is -2.37. The lowest BCUT2D eigenvalue weighted by molar-refractivity contribution is 0.0773. The number of carbonyl (C=O) groups excluding carboxylic acids is 1. The molecule has 2 N–H and O–H groups in total. The summed E-state index contributed by atoms with van der Waals surface area (Å²) in [5.74, 6) is 2.10. The molecule has 0 spiro atoms. The first-order valence-electron chi connectivity index (χ1n) is 8.97. The second-order valence-corrected chi connectivity index (χ2v) is 6.71. The number of hydrogen-bond acceptors (Lipinski definition) is 3. The highest BCUT2D eigenvalue weighted by Crippen LogP contribution is 2.08. The van der Waals surface area contributed by atoms with Crippen LogP contribution in [0.15, 0.2) is 29.3 Å². The largest absolute Gasteiger partial charge is 0.356 e. The van der Waals surface area contributed by atoms with Crippen molar-refractivity contribution in [1.82, 2.24) is 15.5 Å². The smallest absolute Gasteiger partial charge is 0.253 e. The van der Waals surface area contributed by atoms with Crippen LogP contribution in [0, 0.1) is 0 Å². The Labute approximate surface area is 156 Å². The summed E-state index contributed by atoms with van der Waals surface area (Å²) in [7, 11) is 1.78. The van der Waals surface area contributed by atoms with E-state index in [1.807, 2.05) is 54.8 Å². The number of hydrogen-bond donors (Lipinski definition) is 2. The Morgan fingerprint density at radius 1 is 1.12 bits per heavy atom. The molecule has 1 aromatic carbocycles. The van der Waals surface area contributed by atoms with Crippen molar-refractivity contribution in [2.75, 3.05) is 38.7 Å². The predicted molar refractivity (Wildman–Crippen MR) is 110 cm³/mol. The van der Waals surface area contributed by atoms with Crippen molar-refractivity contribution < 1.29 is 4.79 Å². The second-order valence-electron chi connectivity index (χ2n) is 5.73. The SMILES string of the molecule is CCN(CC)C(=O)c1ccc(CNC(=NC)NCCCCSC)cc1. The van der Waals surface area contributed by atoms with Crippen molar-refractivity contribution in [2.45, 2.75) is 33.2 Å². The van der Waals surface area contributed by atoms with Crippen LogP contribution in [0.4, 0.5) is 0 Å². The minimum Gasteiger partial charge on any atom is -0.356 e. The van der Waals surface area contributed by atoms with Crippen LogP contribution in [0.5, 0.6) is 0 Å². The van der Waals surface area contributed by atoms with Gasteiger partial charge in [0.15, 0.2) is 5.96 Å². The monoisotopic (exact) mass is 364 g/mol. The van der Waals surface area contributed by atoms with Gasteiger partial charge < -0.3 is 15.5 Å². The van der Waals surface area contributed by atoms with E-state index in [2.05, 4.69) is 21.9 Å². The summed E-state index contributed by atoms with van der Waals surface area (Å²) >= 11 is 1.88. The number of amides is 1. The Bertz CT molecular complexity index is 527. The number of thioether (sulfide) groups is 1. The molecule has 1 amide bonds. The number of rotatable bonds is 10. The van der Waals surface area contributed by atoms with Gasteiger partial charge in [0.1, 0.15) is 0 Å². The summed E-state index contributed by atoms with van der Waals surface area (Å²) in [6, 6.07) is 7.79. The fourth-order valence-corrected chi connectivity index (χ4v) is 2.94. The molecule has 0 fully saturated rings. The third-order valence-electron chi connectivity index (χ3n) is 4.00. The van der Waals surface area contributed by atoms with Gasteiger partial charge in [-0.3, -0.25) is 9.79 Å². The van der Waals surface area contributed by atoms with Crippen molar-refractivity contribution >= 4 is 23.6 Å². The maximum absolute atomic E-state index is 12.3. The van der Waals surface area contributed by atoms with Gasteiger partial charge in [0.25, 0.3) is 5.91 Å². The van der Waals surface area contributed by atoms with Crippen molar-refractivity contribution in [3.05, 3.63) is 35.4 Å². The highest BCUT2D eigenvalue weighted by atomic mass is 32.2. The number of benzene rings is 1. The summed E-state index contributed by atoms with van der Waals surface area (Å²) in [5.41, 5.74) is 1.87. The van der Waals surface area contributed by atoms with E-state index in [1.54, 1.807) is 7.05 Å². The predicted octanol–water partition coefficient (Wildman–Crippen LogP) is 2.98. The zero-order valence-electron chi connectivity index (χ0n) is 16.0. The van der Waals surface area contributed by atoms with Gasteiger partial charge in [-0.25, -0.2) is 0 Å². The molecule has 0 saturated heterocycles. The van der Waals surface area contributed by atoms with Crippen LogP contribution < -0.4 is 10.6 Å². The number of nitrogens with one attached hydrogen (secondary N) is 2. The van der Waals surface area contributed by atoms with Crippen molar-refractivity contribution in [2.24, 2.45) is 4.99 Å². The zero-order valence-corrected chi connectivity index (χ0v) is 16.8. The fourth-order valence-electron chi connectivity index (χ4n) is 2.44. The average molecular weight is 365 g/mol. The third-order valence-corrected chi connectivity index (χ3v) is 4.70. The average Bonchev–Trinajstić information content (AvgIpc) is 2.65. The van der Waals surface area contributed by atoms with Gasteiger partial charge in [-0.1, -0.05) is 12.1 Å². The van der Waals surface area contributed by atoms with Crippen LogP contribution in [0.3, 0.4) is 0 Å². The summed E-state index contributed by atoms with van der Waals surface area (Å²) in [6.45, 7) is 7.08. The van der Waals surface area contributed by atoms with Crippen LogP contribution in [-0.4, -0.2) is 55.5 Å². The Morgan fingerprint density at radius 3 is 2.36 bits per heavy atom. The Balaban J connectivity index is 2.45. The number of nitrogens with zero attached hydrogens (tertiary/aromatic N) is 2.